The molecule has 0 aliphatic heterocycles. The Morgan fingerprint density at radius 2 is 2.35 bits per heavy atom. The Bertz CT molecular complexity index is 565. The third-order valence-corrected chi connectivity index (χ3v) is 2.69. The van der Waals surface area contributed by atoms with Crippen LogP contribution in [0.25, 0.3) is 5.52 Å². The van der Waals surface area contributed by atoms with Crippen LogP contribution in [0.5, 0.6) is 5.75 Å². The van der Waals surface area contributed by atoms with Gasteiger partial charge in [-0.2, -0.15) is 0 Å². The second-order valence-electron chi connectivity index (χ2n) is 3.28. The Kier molecular flexibility index (Phi) is 3.19. The van der Waals surface area contributed by atoms with Crippen molar-refractivity contribution < 1.29 is 14.3 Å². The summed E-state index contributed by atoms with van der Waals surface area (Å²) >= 11 is 6.10. The maximum absolute atomic E-state index is 11.8. The smallest absolute Gasteiger partial charge is 0.355 e. The Morgan fingerprint density at radius 3 is 3.00 bits per heavy atom. The van der Waals surface area contributed by atoms with Gasteiger partial charge in [-0.1, -0.05) is 11.6 Å². The summed E-state index contributed by atoms with van der Waals surface area (Å²) in [5.41, 5.74) is 0.940. The lowest BCUT2D eigenvalue weighted by atomic mass is 10.3. The molecule has 2 heterocycles. The standard InChI is InChI=1S/C11H11ClN2O3/c1-3-17-11(15)7-4-9(16-2)10(12)8-5-13-6-14(7)8/h4-6H,3H2,1-2H3. The molecule has 0 saturated carbocycles. The van der Waals surface area contributed by atoms with E-state index in [9.17, 15) is 4.79 Å². The van der Waals surface area contributed by atoms with Gasteiger partial charge < -0.3 is 9.47 Å². The fourth-order valence-corrected chi connectivity index (χ4v) is 1.82. The molecule has 2 rings (SSSR count). The van der Waals surface area contributed by atoms with Crippen molar-refractivity contribution in [1.29, 1.82) is 0 Å². The SMILES string of the molecule is CCOC(=O)c1cc(OC)c(Cl)c2cncn12. The first-order valence-corrected chi connectivity index (χ1v) is 5.42. The number of imidazole rings is 1. The van der Waals surface area contributed by atoms with Gasteiger partial charge in [0.2, 0.25) is 0 Å². The third-order valence-electron chi connectivity index (χ3n) is 2.31. The molecule has 17 heavy (non-hydrogen) atoms. The number of halogens is 1. The summed E-state index contributed by atoms with van der Waals surface area (Å²) in [6, 6.07) is 1.54. The van der Waals surface area contributed by atoms with Gasteiger partial charge in [0, 0.05) is 6.07 Å². The van der Waals surface area contributed by atoms with Crippen LogP contribution < -0.4 is 4.74 Å². The zero-order chi connectivity index (χ0) is 12.4. The van der Waals surface area contributed by atoms with Crippen LogP contribution in [0.15, 0.2) is 18.6 Å². The molecule has 0 unspecified atom stereocenters. The van der Waals surface area contributed by atoms with Crippen LogP contribution in [0.1, 0.15) is 17.4 Å². The Hall–Kier alpha value is -1.75. The number of rotatable bonds is 3. The summed E-state index contributed by atoms with van der Waals surface area (Å²) in [4.78, 5) is 15.7. The molecule has 0 atom stereocenters. The van der Waals surface area contributed by atoms with E-state index in [0.717, 1.165) is 0 Å². The van der Waals surface area contributed by atoms with Gasteiger partial charge in [-0.3, -0.25) is 4.40 Å². The van der Waals surface area contributed by atoms with Gasteiger partial charge >= 0.3 is 5.97 Å². The van der Waals surface area contributed by atoms with Crippen molar-refractivity contribution >= 4 is 23.1 Å². The number of nitrogens with zero attached hydrogens (tertiary/aromatic N) is 2. The quantitative estimate of drug-likeness (QED) is 0.788. The summed E-state index contributed by atoms with van der Waals surface area (Å²) in [7, 11) is 1.49. The van der Waals surface area contributed by atoms with Crippen molar-refractivity contribution in [3.63, 3.8) is 0 Å². The molecular formula is C11H11ClN2O3. The van der Waals surface area contributed by atoms with E-state index in [4.69, 9.17) is 21.1 Å². The van der Waals surface area contributed by atoms with E-state index in [2.05, 4.69) is 4.98 Å². The van der Waals surface area contributed by atoms with Crippen LogP contribution in [0.2, 0.25) is 5.02 Å². The molecule has 0 saturated heterocycles. The van der Waals surface area contributed by atoms with E-state index in [-0.39, 0.29) is 0 Å². The molecule has 0 fully saturated rings. The number of carbonyl (C=O) groups is 1. The number of carbonyl (C=O) groups excluding carboxylic acids is 1. The Labute approximate surface area is 103 Å². The number of ether oxygens (including phenoxy) is 2. The number of fused-ring (bicyclic) bond motifs is 1. The molecule has 90 valence electrons. The Balaban J connectivity index is 2.65. The number of aromatic nitrogens is 2. The zero-order valence-corrected chi connectivity index (χ0v) is 10.2. The largest absolute Gasteiger partial charge is 0.495 e. The van der Waals surface area contributed by atoms with E-state index in [0.29, 0.717) is 28.6 Å². The maximum atomic E-state index is 11.8. The van der Waals surface area contributed by atoms with Crippen molar-refractivity contribution in [2.45, 2.75) is 6.92 Å². The van der Waals surface area contributed by atoms with Gasteiger partial charge in [0.05, 0.1) is 31.8 Å². The molecule has 0 aromatic carbocycles. The highest BCUT2D eigenvalue weighted by Crippen LogP contribution is 2.30. The molecule has 0 spiro atoms. The molecule has 0 aliphatic rings. The van der Waals surface area contributed by atoms with Gasteiger partial charge in [0.15, 0.2) is 0 Å². The van der Waals surface area contributed by atoms with Crippen molar-refractivity contribution in [2.24, 2.45) is 0 Å². The molecule has 2 aromatic heterocycles. The lowest BCUT2D eigenvalue weighted by Crippen LogP contribution is -2.10. The zero-order valence-electron chi connectivity index (χ0n) is 9.44. The van der Waals surface area contributed by atoms with Crippen molar-refractivity contribution in [3.05, 3.63) is 29.3 Å². The van der Waals surface area contributed by atoms with Crippen LogP contribution in [-0.2, 0) is 4.74 Å². The maximum Gasteiger partial charge on any atom is 0.355 e. The topological polar surface area (TPSA) is 52.8 Å². The average Bonchev–Trinajstić information content (AvgIpc) is 2.79. The fraction of sp³-hybridized carbons (Fsp3) is 0.273. The highest BCUT2D eigenvalue weighted by Gasteiger charge is 2.17. The summed E-state index contributed by atoms with van der Waals surface area (Å²) in [5, 5.41) is 0.415. The van der Waals surface area contributed by atoms with Crippen LogP contribution in [0.4, 0.5) is 0 Å². The molecule has 0 N–H and O–H groups in total. The van der Waals surface area contributed by atoms with Crippen molar-refractivity contribution in [3.8, 4) is 5.75 Å². The number of pyridine rings is 1. The van der Waals surface area contributed by atoms with Gasteiger partial charge in [-0.25, -0.2) is 9.78 Å². The molecule has 6 heteroatoms. The van der Waals surface area contributed by atoms with Gasteiger partial charge in [0.1, 0.15) is 16.5 Å². The number of hydrogen-bond donors (Lipinski definition) is 0. The number of esters is 1. The number of hydrogen-bond acceptors (Lipinski definition) is 4. The molecular weight excluding hydrogens is 244 g/mol. The average molecular weight is 255 g/mol. The molecule has 0 aliphatic carbocycles. The molecule has 0 radical (unpaired) electrons. The van der Waals surface area contributed by atoms with Crippen LogP contribution in [-0.4, -0.2) is 29.1 Å². The molecule has 0 bridgehead atoms. The summed E-state index contributed by atoms with van der Waals surface area (Å²) in [6.07, 6.45) is 3.07. The highest BCUT2D eigenvalue weighted by molar-refractivity contribution is 6.35. The van der Waals surface area contributed by atoms with Gasteiger partial charge in [-0.05, 0) is 6.92 Å². The predicted molar refractivity (Wildman–Crippen MR) is 62.7 cm³/mol. The first-order valence-electron chi connectivity index (χ1n) is 5.04. The van der Waals surface area contributed by atoms with E-state index >= 15 is 0 Å². The lowest BCUT2D eigenvalue weighted by molar-refractivity contribution is 0.0517. The van der Waals surface area contributed by atoms with Crippen molar-refractivity contribution in [2.75, 3.05) is 13.7 Å². The monoisotopic (exact) mass is 254 g/mol. The minimum atomic E-state index is -0.439. The first-order chi connectivity index (χ1) is 8.19. The minimum absolute atomic E-state index is 0.306. The summed E-state index contributed by atoms with van der Waals surface area (Å²) < 4.78 is 11.6. The molecule has 2 aromatic rings. The molecule has 0 amide bonds. The number of methoxy groups -OCH3 is 1. The lowest BCUT2D eigenvalue weighted by Gasteiger charge is -2.09. The molecule has 5 nitrogen and oxygen atoms in total. The Morgan fingerprint density at radius 1 is 1.59 bits per heavy atom. The fourth-order valence-electron chi connectivity index (χ4n) is 1.54. The third kappa shape index (κ3) is 1.93. The van der Waals surface area contributed by atoms with E-state index in [1.165, 1.54) is 19.5 Å². The van der Waals surface area contributed by atoms with E-state index in [1.54, 1.807) is 17.5 Å². The summed E-state index contributed by atoms with van der Waals surface area (Å²) in [5.74, 6) is -0.0202. The van der Waals surface area contributed by atoms with Crippen LogP contribution in [0, 0.1) is 0 Å². The first kappa shape index (κ1) is 11.7. The van der Waals surface area contributed by atoms with E-state index in [1.807, 2.05) is 0 Å². The highest BCUT2D eigenvalue weighted by atomic mass is 35.5. The summed E-state index contributed by atoms with van der Waals surface area (Å²) in [6.45, 7) is 2.05. The normalized spacial score (nSPS) is 10.5. The van der Waals surface area contributed by atoms with Gasteiger partial charge in [0.25, 0.3) is 0 Å². The van der Waals surface area contributed by atoms with Crippen LogP contribution in [0.3, 0.4) is 0 Å². The second kappa shape index (κ2) is 4.63. The predicted octanol–water partition coefficient (Wildman–Crippen LogP) is 2.17. The van der Waals surface area contributed by atoms with Crippen LogP contribution >= 0.6 is 11.6 Å². The van der Waals surface area contributed by atoms with Crippen molar-refractivity contribution in [1.82, 2.24) is 9.38 Å². The van der Waals surface area contributed by atoms with Gasteiger partial charge in [-0.15, -0.1) is 0 Å². The van der Waals surface area contributed by atoms with E-state index < -0.39 is 5.97 Å². The second-order valence-corrected chi connectivity index (χ2v) is 3.66. The minimum Gasteiger partial charge on any atom is -0.495 e.